The zero-order chi connectivity index (χ0) is 19.2. The monoisotopic (exact) mass is 409 g/mol. The van der Waals surface area contributed by atoms with Gasteiger partial charge in [-0.3, -0.25) is 0 Å². The number of unbranched alkanes of at least 4 members (excludes halogenated alkanes) is 1. The summed E-state index contributed by atoms with van der Waals surface area (Å²) in [7, 11) is -4.08. The highest BCUT2D eigenvalue weighted by Gasteiger charge is 2.24. The normalized spacial score (nSPS) is 11.8. The summed E-state index contributed by atoms with van der Waals surface area (Å²) in [5.41, 5.74) is 0.561. The second kappa shape index (κ2) is 9.09. The van der Waals surface area contributed by atoms with E-state index in [4.69, 9.17) is 27.9 Å². The zero-order valence-electron chi connectivity index (χ0n) is 14.1. The third-order valence-corrected chi connectivity index (χ3v) is 5.91. The number of nitrogens with zero attached hydrogens (tertiary/aromatic N) is 1. The third kappa shape index (κ3) is 5.01. The first-order valence-electron chi connectivity index (χ1n) is 7.93. The van der Waals surface area contributed by atoms with Crippen LogP contribution in [0.15, 0.2) is 52.3 Å². The molecule has 0 aliphatic rings. The molecule has 0 atom stereocenters. The van der Waals surface area contributed by atoms with Gasteiger partial charge in [-0.2, -0.15) is 5.26 Å². The molecule has 0 heterocycles. The van der Waals surface area contributed by atoms with E-state index < -0.39 is 14.7 Å². The molecule has 4 nitrogen and oxygen atoms in total. The lowest BCUT2D eigenvalue weighted by Gasteiger charge is -2.07. The fraction of sp³-hybridized carbons (Fsp3) is 0.211. The molecule has 7 heteroatoms. The maximum atomic E-state index is 12.7. The van der Waals surface area contributed by atoms with Crippen LogP contribution in [0.3, 0.4) is 0 Å². The number of hydrogen-bond donors (Lipinski definition) is 0. The first-order chi connectivity index (χ1) is 12.4. The highest BCUT2D eigenvalue weighted by Crippen LogP contribution is 2.30. The molecule has 0 saturated carbocycles. The molecule has 0 saturated heterocycles. The molecule has 0 aliphatic heterocycles. The van der Waals surface area contributed by atoms with E-state index in [1.54, 1.807) is 30.3 Å². The van der Waals surface area contributed by atoms with E-state index in [0.29, 0.717) is 17.9 Å². The van der Waals surface area contributed by atoms with E-state index in [1.807, 2.05) is 0 Å². The highest BCUT2D eigenvalue weighted by atomic mass is 35.5. The Kier molecular flexibility index (Phi) is 7.10. The third-order valence-electron chi connectivity index (χ3n) is 3.53. The number of nitriles is 1. The summed E-state index contributed by atoms with van der Waals surface area (Å²) in [4.78, 5) is -0.611. The van der Waals surface area contributed by atoms with Crippen LogP contribution in [-0.2, 0) is 9.84 Å². The lowest BCUT2D eigenvalue weighted by Crippen LogP contribution is -2.04. The summed E-state index contributed by atoms with van der Waals surface area (Å²) in [6.45, 7) is 2.70. The summed E-state index contributed by atoms with van der Waals surface area (Å²) >= 11 is 11.8. The Hall–Kier alpha value is -2.00. The fourth-order valence-corrected chi connectivity index (χ4v) is 4.03. The molecule has 0 unspecified atom stereocenters. The number of sulfone groups is 1. The lowest BCUT2D eigenvalue weighted by atomic mass is 10.2. The Labute approximate surface area is 163 Å². The molecule has 2 aromatic carbocycles. The first kappa shape index (κ1) is 20.3. The molecule has 0 spiro atoms. The van der Waals surface area contributed by atoms with Gasteiger partial charge in [0.1, 0.15) is 16.7 Å². The SMILES string of the molecule is CCCCOc1ccc(/C=C(\C#N)S(=O)(=O)c2cc(Cl)ccc2Cl)cc1. The summed E-state index contributed by atoms with van der Waals surface area (Å²) in [6.07, 6.45) is 3.29. The van der Waals surface area contributed by atoms with Crippen LogP contribution in [0.5, 0.6) is 5.75 Å². The largest absolute Gasteiger partial charge is 0.494 e. The van der Waals surface area contributed by atoms with Crippen molar-refractivity contribution in [2.24, 2.45) is 0 Å². The Morgan fingerprint density at radius 2 is 1.88 bits per heavy atom. The predicted octanol–water partition coefficient (Wildman–Crippen LogP) is 5.51. The van der Waals surface area contributed by atoms with Crippen molar-refractivity contribution >= 4 is 39.1 Å². The van der Waals surface area contributed by atoms with Crippen molar-refractivity contribution in [3.63, 3.8) is 0 Å². The highest BCUT2D eigenvalue weighted by molar-refractivity contribution is 7.95. The van der Waals surface area contributed by atoms with Crippen molar-refractivity contribution in [3.8, 4) is 11.8 Å². The Morgan fingerprint density at radius 1 is 1.19 bits per heavy atom. The molecule has 26 heavy (non-hydrogen) atoms. The summed E-state index contributed by atoms with van der Waals surface area (Å²) < 4.78 is 31.0. The second-order valence-corrected chi connectivity index (χ2v) is 8.20. The van der Waals surface area contributed by atoms with Gasteiger partial charge in [0.05, 0.1) is 16.5 Å². The van der Waals surface area contributed by atoms with E-state index in [0.717, 1.165) is 12.8 Å². The van der Waals surface area contributed by atoms with Crippen LogP contribution in [0.2, 0.25) is 10.0 Å². The van der Waals surface area contributed by atoms with Gasteiger partial charge < -0.3 is 4.74 Å². The van der Waals surface area contributed by atoms with Gasteiger partial charge in [0, 0.05) is 5.02 Å². The van der Waals surface area contributed by atoms with Gasteiger partial charge in [-0.15, -0.1) is 0 Å². The van der Waals surface area contributed by atoms with Gasteiger partial charge in [0.25, 0.3) is 0 Å². The van der Waals surface area contributed by atoms with E-state index in [1.165, 1.54) is 24.3 Å². The minimum absolute atomic E-state index is 0.00946. The van der Waals surface area contributed by atoms with Crippen LogP contribution in [0, 0.1) is 11.3 Å². The quantitative estimate of drug-likeness (QED) is 0.446. The van der Waals surface area contributed by atoms with Crippen molar-refractivity contribution in [2.45, 2.75) is 24.7 Å². The van der Waals surface area contributed by atoms with Crippen molar-refractivity contribution in [2.75, 3.05) is 6.61 Å². The van der Waals surface area contributed by atoms with Crippen LogP contribution >= 0.6 is 23.2 Å². The molecule has 2 rings (SSSR count). The Balaban J connectivity index is 2.32. The molecule has 0 fully saturated rings. The Morgan fingerprint density at radius 3 is 2.50 bits per heavy atom. The molecular weight excluding hydrogens is 393 g/mol. The van der Waals surface area contributed by atoms with Crippen LogP contribution < -0.4 is 4.74 Å². The first-order valence-corrected chi connectivity index (χ1v) is 10.2. The number of halogens is 2. The molecule has 0 bridgehead atoms. The molecule has 136 valence electrons. The smallest absolute Gasteiger partial charge is 0.218 e. The maximum absolute atomic E-state index is 12.7. The molecule has 2 aromatic rings. The molecule has 0 N–H and O–H groups in total. The Bertz CT molecular complexity index is 946. The summed E-state index contributed by atoms with van der Waals surface area (Å²) in [6, 6.07) is 12.7. The van der Waals surface area contributed by atoms with Crippen molar-refractivity contribution in [1.82, 2.24) is 0 Å². The zero-order valence-corrected chi connectivity index (χ0v) is 16.4. The van der Waals surface area contributed by atoms with Crippen LogP contribution in [-0.4, -0.2) is 15.0 Å². The average Bonchev–Trinajstić information content (AvgIpc) is 2.63. The number of rotatable bonds is 7. The molecular formula is C19H17Cl2NO3S. The minimum atomic E-state index is -4.08. The summed E-state index contributed by atoms with van der Waals surface area (Å²) in [5, 5.41) is 9.57. The molecule has 0 aliphatic carbocycles. The van der Waals surface area contributed by atoms with Crippen LogP contribution in [0.4, 0.5) is 0 Å². The number of hydrogen-bond acceptors (Lipinski definition) is 4. The molecule has 0 radical (unpaired) electrons. The lowest BCUT2D eigenvalue weighted by molar-refractivity contribution is 0.309. The fourth-order valence-electron chi connectivity index (χ4n) is 2.12. The predicted molar refractivity (Wildman–Crippen MR) is 104 cm³/mol. The van der Waals surface area contributed by atoms with Crippen molar-refractivity contribution in [1.29, 1.82) is 5.26 Å². The average molecular weight is 410 g/mol. The standard InChI is InChI=1S/C19H17Cl2NO3S/c1-2-3-10-25-16-7-4-14(5-8-16)11-17(13-22)26(23,24)19-12-15(20)6-9-18(19)21/h4-9,11-12H,2-3,10H2,1H3/b17-11+. The van der Waals surface area contributed by atoms with Crippen LogP contribution in [0.25, 0.3) is 6.08 Å². The minimum Gasteiger partial charge on any atom is -0.494 e. The van der Waals surface area contributed by atoms with E-state index in [2.05, 4.69) is 6.92 Å². The summed E-state index contributed by atoms with van der Waals surface area (Å²) in [5.74, 6) is 0.690. The van der Waals surface area contributed by atoms with Gasteiger partial charge in [0.2, 0.25) is 9.84 Å². The van der Waals surface area contributed by atoms with Crippen LogP contribution in [0.1, 0.15) is 25.3 Å². The number of allylic oxidation sites excluding steroid dienone is 1. The van der Waals surface area contributed by atoms with Crippen molar-refractivity contribution < 1.29 is 13.2 Å². The number of benzene rings is 2. The van der Waals surface area contributed by atoms with Gasteiger partial charge in [-0.1, -0.05) is 48.7 Å². The second-order valence-electron chi connectivity index (χ2n) is 5.47. The van der Waals surface area contributed by atoms with Gasteiger partial charge in [0.15, 0.2) is 0 Å². The topological polar surface area (TPSA) is 67.2 Å². The van der Waals surface area contributed by atoms with Gasteiger partial charge >= 0.3 is 0 Å². The van der Waals surface area contributed by atoms with Crippen molar-refractivity contribution in [3.05, 3.63) is 63.0 Å². The van der Waals surface area contributed by atoms with E-state index in [-0.39, 0.29) is 14.9 Å². The molecule has 0 amide bonds. The van der Waals surface area contributed by atoms with E-state index in [9.17, 15) is 13.7 Å². The molecule has 0 aromatic heterocycles. The van der Waals surface area contributed by atoms with E-state index >= 15 is 0 Å². The van der Waals surface area contributed by atoms with Gasteiger partial charge in [-0.05, 0) is 48.4 Å². The number of ether oxygens (including phenoxy) is 1. The van der Waals surface area contributed by atoms with Gasteiger partial charge in [-0.25, -0.2) is 8.42 Å². The maximum Gasteiger partial charge on any atom is 0.218 e.